The topological polar surface area (TPSA) is 100 Å². The Bertz CT molecular complexity index is 1150. The molecule has 2 aliphatic rings. The molecule has 1 amide bonds. The summed E-state index contributed by atoms with van der Waals surface area (Å²) in [5, 5.41) is 2.77. The number of nitrogens with zero attached hydrogens (tertiary/aromatic N) is 4. The summed E-state index contributed by atoms with van der Waals surface area (Å²) in [7, 11) is 0. The fourth-order valence-corrected chi connectivity index (χ4v) is 3.96. The molecule has 0 radical (unpaired) electrons. The summed E-state index contributed by atoms with van der Waals surface area (Å²) in [5.74, 6) is -0.869. The molecule has 9 nitrogen and oxygen atoms in total. The first-order valence-electron chi connectivity index (χ1n) is 9.79. The molecule has 1 aromatic carbocycles. The number of fused-ring (bicyclic) bond motifs is 2. The van der Waals surface area contributed by atoms with Gasteiger partial charge in [0.25, 0.3) is 5.91 Å². The van der Waals surface area contributed by atoms with E-state index in [9.17, 15) is 9.18 Å². The van der Waals surface area contributed by atoms with Gasteiger partial charge < -0.3 is 19.5 Å². The number of carbonyl (C=O) groups is 1. The standard InChI is InChI=1S/C21H20FN5O4/c1-21(2)30-15-13(8-9-22)29-20(16(15)31-21)27-11-25-14-17(23-10-24-18(14)27)26-19(28)12-6-4-3-5-7-12/h3-11,13,15-16,20H,1-2H3,(H,23,24,26,28)/b9-8+/t13-,15-,16-,20-/m1/s1. The third kappa shape index (κ3) is 3.48. The summed E-state index contributed by atoms with van der Waals surface area (Å²) in [4.78, 5) is 25.4. The van der Waals surface area contributed by atoms with Crippen molar-refractivity contribution in [3.05, 3.63) is 61.0 Å². The molecular weight excluding hydrogens is 405 g/mol. The summed E-state index contributed by atoms with van der Waals surface area (Å²) in [6.07, 6.45) is 2.35. The summed E-state index contributed by atoms with van der Waals surface area (Å²) in [6, 6.07) is 8.80. The molecule has 0 bridgehead atoms. The second-order valence-corrected chi connectivity index (χ2v) is 7.74. The van der Waals surface area contributed by atoms with E-state index in [1.165, 1.54) is 18.7 Å². The van der Waals surface area contributed by atoms with E-state index in [0.717, 1.165) is 0 Å². The minimum Gasteiger partial charge on any atom is -0.345 e. The van der Waals surface area contributed by atoms with E-state index >= 15 is 0 Å². The first-order chi connectivity index (χ1) is 15.0. The molecule has 0 aliphatic carbocycles. The number of halogens is 1. The Morgan fingerprint density at radius 3 is 2.71 bits per heavy atom. The first kappa shape index (κ1) is 19.7. The molecule has 4 atom stereocenters. The molecule has 3 aromatic rings. The van der Waals surface area contributed by atoms with Gasteiger partial charge in [-0.15, -0.1) is 0 Å². The lowest BCUT2D eigenvalue weighted by Gasteiger charge is -2.23. The second kappa shape index (κ2) is 7.49. The maximum atomic E-state index is 12.9. The van der Waals surface area contributed by atoms with E-state index in [0.29, 0.717) is 23.1 Å². The van der Waals surface area contributed by atoms with Crippen LogP contribution in [0.15, 0.2) is 55.4 Å². The van der Waals surface area contributed by atoms with Gasteiger partial charge in [-0.3, -0.25) is 9.36 Å². The highest BCUT2D eigenvalue weighted by atomic mass is 19.1. The van der Waals surface area contributed by atoms with Crippen molar-refractivity contribution < 1.29 is 23.4 Å². The van der Waals surface area contributed by atoms with Crippen LogP contribution in [0.5, 0.6) is 0 Å². The zero-order valence-corrected chi connectivity index (χ0v) is 16.8. The SMILES string of the molecule is CC1(C)O[C@@H]2[C@H](O1)[C@@H](/C=C/F)O[C@H]2n1cnc2c(NC(=O)c3ccccc3)ncnc21. The third-order valence-corrected chi connectivity index (χ3v) is 5.23. The minimum absolute atomic E-state index is 0.274. The highest BCUT2D eigenvalue weighted by molar-refractivity contribution is 6.06. The van der Waals surface area contributed by atoms with Crippen molar-refractivity contribution in [3.8, 4) is 0 Å². The normalized spacial score (nSPS) is 27.1. The van der Waals surface area contributed by atoms with Crippen molar-refractivity contribution in [2.24, 2.45) is 0 Å². The predicted octanol–water partition coefficient (Wildman–Crippen LogP) is 2.98. The van der Waals surface area contributed by atoms with Gasteiger partial charge in [-0.1, -0.05) is 18.2 Å². The monoisotopic (exact) mass is 425 g/mol. The van der Waals surface area contributed by atoms with Crippen molar-refractivity contribution in [3.63, 3.8) is 0 Å². The Kier molecular flexibility index (Phi) is 4.77. The zero-order chi connectivity index (χ0) is 21.6. The Morgan fingerprint density at radius 1 is 1.16 bits per heavy atom. The number of imidazole rings is 1. The number of benzene rings is 1. The van der Waals surface area contributed by atoms with Crippen molar-refractivity contribution in [1.82, 2.24) is 19.5 Å². The van der Waals surface area contributed by atoms with Crippen LogP contribution >= 0.6 is 0 Å². The molecule has 2 saturated heterocycles. The Morgan fingerprint density at radius 2 is 1.94 bits per heavy atom. The van der Waals surface area contributed by atoms with Gasteiger partial charge in [-0.2, -0.15) is 0 Å². The van der Waals surface area contributed by atoms with Crippen molar-refractivity contribution in [2.75, 3.05) is 5.32 Å². The molecular formula is C21H20FN5O4. The van der Waals surface area contributed by atoms with Crippen molar-refractivity contribution >= 4 is 22.9 Å². The number of hydrogen-bond acceptors (Lipinski definition) is 7. The number of anilines is 1. The molecule has 0 unspecified atom stereocenters. The van der Waals surface area contributed by atoms with Gasteiger partial charge in [-0.05, 0) is 32.1 Å². The maximum absolute atomic E-state index is 12.9. The first-order valence-corrected chi connectivity index (χ1v) is 9.79. The van der Waals surface area contributed by atoms with Gasteiger partial charge in [0.1, 0.15) is 24.6 Å². The van der Waals surface area contributed by atoms with Crippen LogP contribution in [0.3, 0.4) is 0 Å². The molecule has 2 aromatic heterocycles. The average molecular weight is 425 g/mol. The number of nitrogens with one attached hydrogen (secondary N) is 1. The van der Waals surface area contributed by atoms with Crippen LogP contribution in [0.2, 0.25) is 0 Å². The van der Waals surface area contributed by atoms with Crippen LogP contribution < -0.4 is 5.32 Å². The zero-order valence-electron chi connectivity index (χ0n) is 16.8. The van der Waals surface area contributed by atoms with E-state index in [-0.39, 0.29) is 11.7 Å². The lowest BCUT2D eigenvalue weighted by Crippen LogP contribution is -2.28. The third-order valence-electron chi connectivity index (χ3n) is 5.23. The molecule has 1 N–H and O–H groups in total. The van der Waals surface area contributed by atoms with Gasteiger partial charge in [0.15, 0.2) is 29.0 Å². The molecule has 10 heteroatoms. The van der Waals surface area contributed by atoms with Crippen LogP contribution in [-0.2, 0) is 14.2 Å². The van der Waals surface area contributed by atoms with E-state index in [1.54, 1.807) is 42.7 Å². The highest BCUT2D eigenvalue weighted by Gasteiger charge is 2.55. The van der Waals surface area contributed by atoms with Crippen molar-refractivity contribution in [2.45, 2.75) is 44.2 Å². The molecule has 4 heterocycles. The van der Waals surface area contributed by atoms with Crippen LogP contribution in [0.1, 0.15) is 30.4 Å². The summed E-state index contributed by atoms with van der Waals surface area (Å²) in [5.41, 5.74) is 1.34. The van der Waals surface area contributed by atoms with Crippen molar-refractivity contribution in [1.29, 1.82) is 0 Å². The Labute approximate surface area is 176 Å². The van der Waals surface area contributed by atoms with E-state index in [2.05, 4.69) is 20.3 Å². The fourth-order valence-electron chi connectivity index (χ4n) is 3.96. The highest BCUT2D eigenvalue weighted by Crippen LogP contribution is 2.44. The van der Waals surface area contributed by atoms with Crippen LogP contribution in [0.4, 0.5) is 10.2 Å². The summed E-state index contributed by atoms with van der Waals surface area (Å²) in [6.45, 7) is 3.59. The maximum Gasteiger partial charge on any atom is 0.256 e. The Hall–Kier alpha value is -3.21. The second-order valence-electron chi connectivity index (χ2n) is 7.74. The number of rotatable bonds is 4. The number of ether oxygens (including phenoxy) is 3. The smallest absolute Gasteiger partial charge is 0.256 e. The van der Waals surface area contributed by atoms with Gasteiger partial charge in [0.2, 0.25) is 0 Å². The quantitative estimate of drug-likeness (QED) is 0.686. The van der Waals surface area contributed by atoms with Gasteiger partial charge in [0, 0.05) is 5.56 Å². The van der Waals surface area contributed by atoms with E-state index in [4.69, 9.17) is 14.2 Å². The Balaban J connectivity index is 1.48. The molecule has 5 rings (SSSR count). The van der Waals surface area contributed by atoms with Crippen LogP contribution in [0.25, 0.3) is 11.2 Å². The van der Waals surface area contributed by atoms with Gasteiger partial charge >= 0.3 is 0 Å². The van der Waals surface area contributed by atoms with Crippen LogP contribution in [-0.4, -0.2) is 49.5 Å². The summed E-state index contributed by atoms with van der Waals surface area (Å²) >= 11 is 0. The van der Waals surface area contributed by atoms with Gasteiger partial charge in [0.05, 0.1) is 12.7 Å². The largest absolute Gasteiger partial charge is 0.345 e. The average Bonchev–Trinajstić information content (AvgIpc) is 3.41. The molecule has 0 saturated carbocycles. The number of aromatic nitrogens is 4. The molecule has 31 heavy (non-hydrogen) atoms. The van der Waals surface area contributed by atoms with Gasteiger partial charge in [-0.25, -0.2) is 19.3 Å². The molecule has 2 fully saturated rings. The fraction of sp³-hybridized carbons (Fsp3) is 0.333. The lowest BCUT2D eigenvalue weighted by molar-refractivity contribution is -0.191. The van der Waals surface area contributed by atoms with E-state index < -0.39 is 30.3 Å². The molecule has 160 valence electrons. The van der Waals surface area contributed by atoms with Crippen LogP contribution in [0, 0.1) is 0 Å². The number of amides is 1. The summed E-state index contributed by atoms with van der Waals surface area (Å²) < 4.78 is 32.5. The minimum atomic E-state index is -0.833. The number of hydrogen-bond donors (Lipinski definition) is 1. The van der Waals surface area contributed by atoms with E-state index in [1.807, 2.05) is 6.07 Å². The predicted molar refractivity (Wildman–Crippen MR) is 108 cm³/mol. The number of carbonyl (C=O) groups excluding carboxylic acids is 1. The molecule has 2 aliphatic heterocycles. The molecule has 0 spiro atoms. The lowest BCUT2D eigenvalue weighted by atomic mass is 10.1.